The van der Waals surface area contributed by atoms with Crippen LogP contribution in [0, 0.1) is 11.6 Å². The number of piperidine rings is 1. The van der Waals surface area contributed by atoms with Crippen molar-refractivity contribution in [1.82, 2.24) is 30.0 Å². The van der Waals surface area contributed by atoms with Gasteiger partial charge in [0.1, 0.15) is 34.6 Å². The first kappa shape index (κ1) is 36.1. The van der Waals surface area contributed by atoms with Gasteiger partial charge in [0, 0.05) is 36.7 Å². The van der Waals surface area contributed by atoms with Crippen LogP contribution in [0.2, 0.25) is 0 Å². The van der Waals surface area contributed by atoms with Crippen LogP contribution < -0.4 is 15.4 Å². The second kappa shape index (κ2) is 15.0. The molecule has 278 valence electrons. The molecule has 53 heavy (non-hydrogen) atoms. The topological polar surface area (TPSA) is 173 Å². The predicted octanol–water partition coefficient (Wildman–Crippen LogP) is 3.72. The number of rotatable bonds is 7. The van der Waals surface area contributed by atoms with E-state index in [0.29, 0.717) is 42.5 Å². The van der Waals surface area contributed by atoms with Gasteiger partial charge in [0.25, 0.3) is 11.8 Å². The first-order chi connectivity index (χ1) is 25.5. The zero-order valence-corrected chi connectivity index (χ0v) is 29.4. The lowest BCUT2D eigenvalue weighted by molar-refractivity contribution is -0.124. The normalized spacial score (nSPS) is 19.9. The van der Waals surface area contributed by atoms with Gasteiger partial charge in [-0.2, -0.15) is 9.29 Å². The van der Waals surface area contributed by atoms with Crippen LogP contribution in [0.15, 0.2) is 70.1 Å². The monoisotopic (exact) mass is 750 g/mol. The summed E-state index contributed by atoms with van der Waals surface area (Å²) in [5.74, 6) is -2.33. The molecule has 3 amide bonds. The Morgan fingerprint density at radius 1 is 1.04 bits per heavy atom. The summed E-state index contributed by atoms with van der Waals surface area (Å²) >= 11 is 0. The van der Waals surface area contributed by atoms with Gasteiger partial charge in [-0.3, -0.25) is 14.4 Å². The molecule has 1 saturated carbocycles. The van der Waals surface area contributed by atoms with E-state index >= 15 is 0 Å². The van der Waals surface area contributed by atoms with E-state index in [0.717, 1.165) is 16.4 Å². The highest BCUT2D eigenvalue weighted by Gasteiger charge is 2.40. The minimum Gasteiger partial charge on any atom is -0.457 e. The number of hydrogen-bond acceptors (Lipinski definition) is 10. The molecule has 4 bridgehead atoms. The average molecular weight is 751 g/mol. The van der Waals surface area contributed by atoms with Gasteiger partial charge in [0.2, 0.25) is 21.8 Å². The van der Waals surface area contributed by atoms with Crippen molar-refractivity contribution >= 4 is 27.7 Å². The SMILES string of the molecule is CCc1noc(CNC(=O)c2cc3cc(c2)C(=O)N(C2CC2)CC(=O)N[C@@H]2CN(S(=O)(=O)c4cc(F)ccc4F)CC[C@@H]2OCc2cccc(c2)O3)n1. The predicted molar refractivity (Wildman–Crippen MR) is 182 cm³/mol. The van der Waals surface area contributed by atoms with Crippen molar-refractivity contribution in [3.8, 4) is 11.5 Å². The van der Waals surface area contributed by atoms with Crippen LogP contribution >= 0.6 is 0 Å². The van der Waals surface area contributed by atoms with Crippen molar-refractivity contribution in [2.75, 3.05) is 19.6 Å². The summed E-state index contributed by atoms with van der Waals surface area (Å²) in [6.45, 7) is 1.14. The number of nitrogens with zero attached hydrogens (tertiary/aromatic N) is 4. The second-order valence-corrected chi connectivity index (χ2v) is 15.0. The van der Waals surface area contributed by atoms with Gasteiger partial charge in [0.15, 0.2) is 5.82 Å². The Hall–Kier alpha value is -5.26. The van der Waals surface area contributed by atoms with Crippen LogP contribution in [-0.2, 0) is 39.1 Å². The van der Waals surface area contributed by atoms with E-state index in [4.69, 9.17) is 14.0 Å². The highest BCUT2D eigenvalue weighted by molar-refractivity contribution is 7.89. The van der Waals surface area contributed by atoms with Gasteiger partial charge in [-0.1, -0.05) is 24.2 Å². The third-order valence-corrected chi connectivity index (χ3v) is 11.1. The molecule has 0 spiro atoms. The van der Waals surface area contributed by atoms with Gasteiger partial charge >= 0.3 is 0 Å². The Morgan fingerprint density at radius 2 is 1.87 bits per heavy atom. The molecule has 3 aliphatic rings. The van der Waals surface area contributed by atoms with Gasteiger partial charge in [0.05, 0.1) is 25.3 Å². The van der Waals surface area contributed by atoms with E-state index in [-0.39, 0.29) is 68.0 Å². The average Bonchev–Trinajstić information content (AvgIpc) is 3.89. The van der Waals surface area contributed by atoms with Crippen LogP contribution in [0.5, 0.6) is 11.5 Å². The Kier molecular flexibility index (Phi) is 10.2. The Balaban J connectivity index is 1.18. The van der Waals surface area contributed by atoms with Gasteiger partial charge in [-0.15, -0.1) is 0 Å². The standard InChI is InChI=1S/C36H36F2N6O8S/c1-2-32-41-34(52-42-32)17-39-35(46)22-13-23-15-27(14-22)51-26-5-3-4-21(12-26)20-50-30-10-11-43(53(48,49)31-16-24(37)6-9-28(31)38)18-29(30)40-33(45)19-44(36(23)47)25-7-8-25/h3-6,9,12-16,25,29-30H,2,7-8,10-11,17-20H2,1H3,(H,39,46)(H,40,45)/t29-,30+/m1/s1. The van der Waals surface area contributed by atoms with E-state index in [2.05, 4.69) is 20.8 Å². The molecular formula is C36H36F2N6O8S. The summed E-state index contributed by atoms with van der Waals surface area (Å²) < 4.78 is 74.2. The van der Waals surface area contributed by atoms with Crippen molar-refractivity contribution in [2.45, 2.75) is 68.8 Å². The molecule has 1 aromatic heterocycles. The molecule has 2 fully saturated rings. The maximum absolute atomic E-state index is 14.6. The summed E-state index contributed by atoms with van der Waals surface area (Å²) in [6, 6.07) is 12.4. The van der Waals surface area contributed by atoms with Crippen LogP contribution in [0.4, 0.5) is 8.78 Å². The van der Waals surface area contributed by atoms with Crippen LogP contribution in [-0.4, -0.2) is 83.3 Å². The highest BCUT2D eigenvalue weighted by atomic mass is 32.2. The summed E-state index contributed by atoms with van der Waals surface area (Å²) in [6.07, 6.45) is 1.33. The molecule has 17 heteroatoms. The lowest BCUT2D eigenvalue weighted by Crippen LogP contribution is -2.58. The number of fused-ring (bicyclic) bond motifs is 5. The fourth-order valence-corrected chi connectivity index (χ4v) is 7.87. The van der Waals surface area contributed by atoms with Crippen molar-refractivity contribution in [3.63, 3.8) is 0 Å². The van der Waals surface area contributed by atoms with Crippen molar-refractivity contribution in [1.29, 1.82) is 0 Å². The highest BCUT2D eigenvalue weighted by Crippen LogP contribution is 2.32. The zero-order chi connectivity index (χ0) is 37.3. The number of aryl methyl sites for hydroxylation is 1. The number of halogens is 2. The molecule has 4 aromatic rings. The Bertz CT molecular complexity index is 2160. The first-order valence-corrected chi connectivity index (χ1v) is 18.6. The zero-order valence-electron chi connectivity index (χ0n) is 28.6. The molecule has 14 nitrogen and oxygen atoms in total. The first-order valence-electron chi connectivity index (χ1n) is 17.2. The third kappa shape index (κ3) is 8.21. The molecule has 3 heterocycles. The molecule has 3 aromatic carbocycles. The number of carbonyl (C=O) groups excluding carboxylic acids is 3. The smallest absolute Gasteiger partial charge is 0.254 e. The van der Waals surface area contributed by atoms with Crippen molar-refractivity contribution in [2.24, 2.45) is 0 Å². The number of amides is 3. The number of benzene rings is 3. The van der Waals surface area contributed by atoms with E-state index in [9.17, 15) is 31.6 Å². The molecule has 0 radical (unpaired) electrons. The number of carbonyl (C=O) groups is 3. The Morgan fingerprint density at radius 3 is 2.64 bits per heavy atom. The molecule has 2 atom stereocenters. The van der Waals surface area contributed by atoms with Crippen molar-refractivity contribution in [3.05, 3.63) is 101 Å². The largest absolute Gasteiger partial charge is 0.457 e. The molecule has 2 N–H and O–H groups in total. The molecule has 0 unspecified atom stereocenters. The van der Waals surface area contributed by atoms with Gasteiger partial charge in [-0.25, -0.2) is 17.2 Å². The maximum Gasteiger partial charge on any atom is 0.254 e. The van der Waals surface area contributed by atoms with E-state index < -0.39 is 56.4 Å². The lowest BCUT2D eigenvalue weighted by Gasteiger charge is -2.38. The van der Waals surface area contributed by atoms with Crippen LogP contribution in [0.3, 0.4) is 0 Å². The number of aromatic nitrogens is 2. The summed E-state index contributed by atoms with van der Waals surface area (Å²) in [5.41, 5.74) is 0.908. The summed E-state index contributed by atoms with van der Waals surface area (Å²) in [4.78, 5) is 46.0. The van der Waals surface area contributed by atoms with Gasteiger partial charge in [-0.05, 0) is 73.4 Å². The number of ether oxygens (including phenoxy) is 2. The molecular weight excluding hydrogens is 714 g/mol. The third-order valence-electron chi connectivity index (χ3n) is 9.17. The molecule has 2 aliphatic heterocycles. The summed E-state index contributed by atoms with van der Waals surface area (Å²) in [7, 11) is -4.50. The minimum atomic E-state index is -4.50. The van der Waals surface area contributed by atoms with E-state index in [1.54, 1.807) is 24.3 Å². The minimum absolute atomic E-state index is 0.0469. The Labute approximate surface area is 303 Å². The number of sulfonamides is 1. The van der Waals surface area contributed by atoms with Crippen LogP contribution in [0.1, 0.15) is 64.2 Å². The molecule has 1 saturated heterocycles. The van der Waals surface area contributed by atoms with Crippen LogP contribution in [0.25, 0.3) is 0 Å². The lowest BCUT2D eigenvalue weighted by atomic mass is 10.0. The fourth-order valence-electron chi connectivity index (χ4n) is 6.31. The maximum atomic E-state index is 14.6. The van der Waals surface area contributed by atoms with E-state index in [1.165, 1.54) is 23.1 Å². The fraction of sp³-hybridized carbons (Fsp3) is 0.361. The molecule has 7 rings (SSSR count). The second-order valence-electron chi connectivity index (χ2n) is 13.1. The number of hydrogen-bond donors (Lipinski definition) is 2. The molecule has 1 aliphatic carbocycles. The number of nitrogens with one attached hydrogen (secondary N) is 2. The van der Waals surface area contributed by atoms with Gasteiger partial charge < -0.3 is 29.5 Å². The summed E-state index contributed by atoms with van der Waals surface area (Å²) in [5, 5.41) is 9.41. The van der Waals surface area contributed by atoms with E-state index in [1.807, 2.05) is 6.92 Å². The quantitative estimate of drug-likeness (QED) is 0.284. The van der Waals surface area contributed by atoms with Crippen molar-refractivity contribution < 1.29 is 45.6 Å².